The van der Waals surface area contributed by atoms with Gasteiger partial charge >= 0.3 is 6.03 Å². The summed E-state index contributed by atoms with van der Waals surface area (Å²) < 4.78 is 0. The molecule has 2 fully saturated rings. The van der Waals surface area contributed by atoms with E-state index in [1.54, 1.807) is 29.3 Å². The van der Waals surface area contributed by atoms with E-state index in [0.29, 0.717) is 35.4 Å². The topological polar surface area (TPSA) is 99.2 Å². The van der Waals surface area contributed by atoms with E-state index in [1.807, 2.05) is 13.0 Å². The van der Waals surface area contributed by atoms with Crippen LogP contribution in [0.25, 0.3) is 0 Å². The Morgan fingerprint density at radius 2 is 2.10 bits per heavy atom. The molecule has 2 aromatic rings. The van der Waals surface area contributed by atoms with Gasteiger partial charge in [-0.25, -0.2) is 9.78 Å². The highest BCUT2D eigenvalue weighted by molar-refractivity contribution is 6.33. The van der Waals surface area contributed by atoms with E-state index in [4.69, 9.17) is 11.6 Å². The Hall–Kier alpha value is -2.87. The largest absolute Gasteiger partial charge is 0.349 e. The second-order valence-corrected chi connectivity index (χ2v) is 8.09. The first-order valence-corrected chi connectivity index (χ1v) is 10.6. The summed E-state index contributed by atoms with van der Waals surface area (Å²) in [6, 6.07) is 7.08. The number of hydrogen-bond donors (Lipinski definition) is 3. The molecule has 9 heteroatoms. The maximum atomic E-state index is 12.5. The van der Waals surface area contributed by atoms with E-state index in [2.05, 4.69) is 25.9 Å². The van der Waals surface area contributed by atoms with Crippen molar-refractivity contribution < 1.29 is 9.59 Å². The second-order valence-electron chi connectivity index (χ2n) is 7.68. The summed E-state index contributed by atoms with van der Waals surface area (Å²) in [4.78, 5) is 34.6. The quantitative estimate of drug-likeness (QED) is 0.653. The first-order chi connectivity index (χ1) is 14.5. The molecular weight excluding hydrogens is 404 g/mol. The lowest BCUT2D eigenvalue weighted by Gasteiger charge is -2.18. The van der Waals surface area contributed by atoms with E-state index < -0.39 is 0 Å². The van der Waals surface area contributed by atoms with Crippen molar-refractivity contribution in [2.24, 2.45) is 0 Å². The van der Waals surface area contributed by atoms with Crippen LogP contribution in [-0.2, 0) is 0 Å². The van der Waals surface area contributed by atoms with Gasteiger partial charge in [-0.2, -0.15) is 4.98 Å². The van der Waals surface area contributed by atoms with Crippen molar-refractivity contribution in [2.75, 3.05) is 23.3 Å². The monoisotopic (exact) mass is 428 g/mol. The zero-order valence-corrected chi connectivity index (χ0v) is 17.6. The van der Waals surface area contributed by atoms with Crippen LogP contribution in [0.5, 0.6) is 0 Å². The second kappa shape index (κ2) is 8.87. The van der Waals surface area contributed by atoms with Gasteiger partial charge in [0.25, 0.3) is 5.91 Å². The highest BCUT2D eigenvalue weighted by Crippen LogP contribution is 2.25. The van der Waals surface area contributed by atoms with Gasteiger partial charge in [0.15, 0.2) is 0 Å². The van der Waals surface area contributed by atoms with Crippen LogP contribution in [-0.4, -0.2) is 41.0 Å². The zero-order valence-electron chi connectivity index (χ0n) is 16.8. The van der Waals surface area contributed by atoms with Crippen LogP contribution in [0.15, 0.2) is 30.5 Å². The van der Waals surface area contributed by atoms with Crippen LogP contribution in [0.4, 0.5) is 16.6 Å². The molecule has 1 aliphatic heterocycles. The third kappa shape index (κ3) is 4.48. The number of carbonyl (C=O) groups excluding carboxylic acids is 2. The van der Waals surface area contributed by atoms with Gasteiger partial charge in [-0.1, -0.05) is 30.5 Å². The highest BCUT2D eigenvalue weighted by atomic mass is 35.5. The van der Waals surface area contributed by atoms with Crippen LogP contribution >= 0.6 is 11.6 Å². The van der Waals surface area contributed by atoms with E-state index in [0.717, 1.165) is 31.2 Å². The molecule has 2 aliphatic rings. The molecule has 3 N–H and O–H groups in total. The van der Waals surface area contributed by atoms with Crippen molar-refractivity contribution >= 4 is 35.3 Å². The van der Waals surface area contributed by atoms with Crippen molar-refractivity contribution in [3.8, 4) is 0 Å². The molecule has 0 bridgehead atoms. The van der Waals surface area contributed by atoms with Crippen LogP contribution in [0.2, 0.25) is 5.02 Å². The maximum absolute atomic E-state index is 12.5. The molecular formula is C21H25ClN6O2. The molecule has 30 heavy (non-hydrogen) atoms. The molecule has 1 aromatic heterocycles. The summed E-state index contributed by atoms with van der Waals surface area (Å²) in [5, 5.41) is 9.47. The molecule has 4 rings (SSSR count). The molecule has 1 saturated heterocycles. The van der Waals surface area contributed by atoms with E-state index in [-0.39, 0.29) is 24.0 Å². The number of nitrogens with one attached hydrogen (secondary N) is 3. The Morgan fingerprint density at radius 3 is 2.80 bits per heavy atom. The molecule has 2 heterocycles. The number of hydrogen-bond acceptors (Lipinski definition) is 5. The van der Waals surface area contributed by atoms with E-state index in [1.165, 1.54) is 0 Å². The fraction of sp³-hybridized carbons (Fsp3) is 0.429. The summed E-state index contributed by atoms with van der Waals surface area (Å²) in [6.45, 7) is 3.13. The molecule has 0 spiro atoms. The molecule has 8 nitrogen and oxygen atoms in total. The number of halogens is 1. The minimum Gasteiger partial charge on any atom is -0.349 e. The third-order valence-corrected chi connectivity index (χ3v) is 5.86. The molecule has 1 aliphatic carbocycles. The third-order valence-electron chi connectivity index (χ3n) is 5.55. The molecule has 1 aromatic carbocycles. The summed E-state index contributed by atoms with van der Waals surface area (Å²) in [7, 11) is 0. The van der Waals surface area contributed by atoms with Gasteiger partial charge < -0.3 is 16.0 Å². The first-order valence-electron chi connectivity index (χ1n) is 10.3. The van der Waals surface area contributed by atoms with Crippen molar-refractivity contribution in [3.05, 3.63) is 46.6 Å². The number of amides is 3. The van der Waals surface area contributed by atoms with Gasteiger partial charge in [0.05, 0.1) is 16.6 Å². The highest BCUT2D eigenvalue weighted by Gasteiger charge is 2.23. The maximum Gasteiger partial charge on any atom is 0.323 e. The number of rotatable bonds is 6. The van der Waals surface area contributed by atoms with Crippen molar-refractivity contribution in [2.45, 2.75) is 44.7 Å². The van der Waals surface area contributed by atoms with E-state index >= 15 is 0 Å². The molecule has 1 atom stereocenters. The summed E-state index contributed by atoms with van der Waals surface area (Å²) >= 11 is 6.41. The minimum absolute atomic E-state index is 0.126. The number of nitrogens with zero attached hydrogens (tertiary/aromatic N) is 3. The van der Waals surface area contributed by atoms with Crippen molar-refractivity contribution in [1.82, 2.24) is 20.6 Å². The lowest BCUT2D eigenvalue weighted by Crippen LogP contribution is -2.32. The van der Waals surface area contributed by atoms with Crippen LogP contribution in [0.1, 0.15) is 54.6 Å². The number of aromatic nitrogens is 2. The summed E-state index contributed by atoms with van der Waals surface area (Å²) in [5.41, 5.74) is 1.39. The standard InChI is InChI=1S/C21H25ClN6O2/c1-13(25-20-23-9-8-18(27-20)28-11-10-24-21(28)30)14-6-7-16(17(22)12-14)19(29)26-15-4-2-3-5-15/h6-9,12-13,15H,2-5,10-11H2,1H3,(H,24,30)(H,26,29)(H,23,25,27). The summed E-state index contributed by atoms with van der Waals surface area (Å²) in [5.74, 6) is 0.838. The summed E-state index contributed by atoms with van der Waals surface area (Å²) in [6.07, 6.45) is 5.99. The smallest absolute Gasteiger partial charge is 0.323 e. The Balaban J connectivity index is 1.43. The van der Waals surface area contributed by atoms with Crippen LogP contribution in [0.3, 0.4) is 0 Å². The van der Waals surface area contributed by atoms with Gasteiger partial charge in [-0.05, 0) is 43.5 Å². The predicted molar refractivity (Wildman–Crippen MR) is 116 cm³/mol. The SMILES string of the molecule is CC(Nc1nccc(N2CCNC2=O)n1)c1ccc(C(=O)NC2CCCC2)c(Cl)c1. The number of urea groups is 1. The van der Waals surface area contributed by atoms with Crippen molar-refractivity contribution in [1.29, 1.82) is 0 Å². The molecule has 158 valence electrons. The fourth-order valence-corrected chi connectivity index (χ4v) is 4.13. The van der Waals surface area contributed by atoms with Gasteiger partial charge in [-0.15, -0.1) is 0 Å². The number of carbonyl (C=O) groups is 2. The van der Waals surface area contributed by atoms with Gasteiger partial charge in [0.1, 0.15) is 5.82 Å². The first kappa shape index (κ1) is 20.4. The number of anilines is 2. The van der Waals surface area contributed by atoms with Crippen molar-refractivity contribution in [3.63, 3.8) is 0 Å². The lowest BCUT2D eigenvalue weighted by molar-refractivity contribution is 0.0938. The average molecular weight is 429 g/mol. The van der Waals surface area contributed by atoms with Gasteiger partial charge in [0, 0.05) is 25.3 Å². The van der Waals surface area contributed by atoms with Gasteiger partial charge in [-0.3, -0.25) is 9.69 Å². The Morgan fingerprint density at radius 1 is 1.30 bits per heavy atom. The normalized spacial score (nSPS) is 17.7. The molecule has 0 radical (unpaired) electrons. The Kier molecular flexibility index (Phi) is 6.03. The minimum atomic E-state index is -0.161. The fourth-order valence-electron chi connectivity index (χ4n) is 3.85. The average Bonchev–Trinajstić information content (AvgIpc) is 3.39. The molecule has 1 saturated carbocycles. The Bertz CT molecular complexity index is 947. The number of benzene rings is 1. The van der Waals surface area contributed by atoms with Crippen LogP contribution in [0, 0.1) is 0 Å². The zero-order chi connectivity index (χ0) is 21.1. The van der Waals surface area contributed by atoms with Crippen LogP contribution < -0.4 is 20.9 Å². The van der Waals surface area contributed by atoms with E-state index in [9.17, 15) is 9.59 Å². The Labute approximate surface area is 180 Å². The van der Waals surface area contributed by atoms with Gasteiger partial charge in [0.2, 0.25) is 5.95 Å². The molecule has 3 amide bonds. The predicted octanol–water partition coefficient (Wildman–Crippen LogP) is 3.51. The lowest BCUT2D eigenvalue weighted by atomic mass is 10.1. The molecule has 1 unspecified atom stereocenters.